The molecule has 0 aliphatic heterocycles. The van der Waals surface area contributed by atoms with Crippen LogP contribution in [0.5, 0.6) is 0 Å². The smallest absolute Gasteiger partial charge is 0.270 e. The van der Waals surface area contributed by atoms with Crippen LogP contribution >= 0.6 is 0 Å². The van der Waals surface area contributed by atoms with Crippen LogP contribution in [-0.2, 0) is 30.1 Å². The quantitative estimate of drug-likeness (QED) is 0.228. The molecule has 2 N–H and O–H groups in total. The molecule has 1 unspecified atom stereocenters. The van der Waals surface area contributed by atoms with Gasteiger partial charge < -0.3 is 5.73 Å². The lowest BCUT2D eigenvalue weighted by atomic mass is 9.59. The number of aryl methyl sites for hydroxylation is 1. The Morgan fingerprint density at radius 3 is 1.50 bits per heavy atom. The number of nitrogens with two attached hydrogens (primary N) is 1. The molecule has 0 bridgehead atoms. The zero-order chi connectivity index (χ0) is 30.8. The Morgan fingerprint density at radius 1 is 0.690 bits per heavy atom. The summed E-state index contributed by atoms with van der Waals surface area (Å²) in [5.41, 5.74) is 7.95. The van der Waals surface area contributed by atoms with Gasteiger partial charge in [0, 0.05) is 30.4 Å². The average molecular weight is 576 g/mol. The molecule has 4 aromatic rings. The van der Waals surface area contributed by atoms with E-state index in [1.54, 1.807) is 24.3 Å². The number of hydrogen-bond donors (Lipinski definition) is 1. The summed E-state index contributed by atoms with van der Waals surface area (Å²) in [5, 5.41) is 0. The second-order valence-electron chi connectivity index (χ2n) is 10.9. The van der Waals surface area contributed by atoms with Gasteiger partial charge in [0.1, 0.15) is 0 Å². The summed E-state index contributed by atoms with van der Waals surface area (Å²) in [6, 6.07) is 33.5. The number of fused-ring (bicyclic) bond motifs is 1. The Morgan fingerprint density at radius 2 is 1.10 bits per heavy atom. The summed E-state index contributed by atoms with van der Waals surface area (Å²) < 4.78 is 57.2. The first-order valence-electron chi connectivity index (χ1n) is 14.3. The summed E-state index contributed by atoms with van der Waals surface area (Å²) in [6.45, 7) is 6.97. The molecule has 0 radical (unpaired) electrons. The molecule has 0 saturated carbocycles. The zero-order valence-corrected chi connectivity index (χ0v) is 24.7. The van der Waals surface area contributed by atoms with Crippen molar-refractivity contribution in [1.29, 1.82) is 0 Å². The fourth-order valence-corrected chi connectivity index (χ4v) is 5.98. The molecule has 1 aliphatic rings. The number of rotatable bonds is 6. The predicted molar refractivity (Wildman–Crippen MR) is 166 cm³/mol. The molecule has 42 heavy (non-hydrogen) atoms. The molecule has 4 aromatic carbocycles. The molecule has 1 atom stereocenters. The van der Waals surface area contributed by atoms with Crippen LogP contribution < -0.4 is 5.73 Å². The molecule has 1 nitrogen and oxygen atoms in total. The van der Waals surface area contributed by atoms with E-state index in [4.69, 9.17) is 0 Å². The van der Waals surface area contributed by atoms with E-state index in [2.05, 4.69) is 24.4 Å². The van der Waals surface area contributed by atoms with Crippen molar-refractivity contribution in [2.24, 2.45) is 11.7 Å². The third-order valence-corrected chi connectivity index (χ3v) is 8.04. The van der Waals surface area contributed by atoms with E-state index in [1.165, 1.54) is 29.5 Å². The Kier molecular flexibility index (Phi) is 11.2. The van der Waals surface area contributed by atoms with Gasteiger partial charge in [0.2, 0.25) is 0 Å². The standard InChI is InChI=1S/C29H30F4.C6H6.C2H5N/c1-4-29(24-13-7-11-22(18-24)27(2,30)31,25-14-8-12-23(19-25)28(3,32)33)26-16-15-20-9-5-6-10-21(20)17-26;1-2-4-6-5-3-1;1-2-3/h5-14,18-19,26H,4,15-17H2,1-3H3;1-6H;2H,1,3H2. The van der Waals surface area contributed by atoms with Gasteiger partial charge in [-0.05, 0) is 72.2 Å². The van der Waals surface area contributed by atoms with Gasteiger partial charge >= 0.3 is 0 Å². The molecule has 5 heteroatoms. The zero-order valence-electron chi connectivity index (χ0n) is 24.7. The van der Waals surface area contributed by atoms with Crippen molar-refractivity contribution >= 4 is 0 Å². The summed E-state index contributed by atoms with van der Waals surface area (Å²) in [6.07, 6.45) is 4.40. The maximum Gasteiger partial charge on any atom is 0.270 e. The Labute approximate surface area is 248 Å². The normalized spacial score (nSPS) is 14.8. The predicted octanol–water partition coefficient (Wildman–Crippen LogP) is 10.2. The van der Waals surface area contributed by atoms with E-state index in [0.29, 0.717) is 6.42 Å². The van der Waals surface area contributed by atoms with Crippen LogP contribution in [0.2, 0.25) is 0 Å². The molecule has 0 aromatic heterocycles. The van der Waals surface area contributed by atoms with Gasteiger partial charge in [-0.25, -0.2) is 17.6 Å². The van der Waals surface area contributed by atoms with Crippen LogP contribution in [0.25, 0.3) is 0 Å². The van der Waals surface area contributed by atoms with Crippen molar-refractivity contribution in [2.45, 2.75) is 63.7 Å². The van der Waals surface area contributed by atoms with Crippen molar-refractivity contribution < 1.29 is 17.6 Å². The van der Waals surface area contributed by atoms with E-state index in [-0.39, 0.29) is 17.0 Å². The Balaban J connectivity index is 0.000000464. The third-order valence-electron chi connectivity index (χ3n) is 8.04. The first kappa shape index (κ1) is 32.7. The molecule has 0 spiro atoms. The maximum absolute atomic E-state index is 14.3. The monoisotopic (exact) mass is 575 g/mol. The van der Waals surface area contributed by atoms with Gasteiger partial charge in [0.15, 0.2) is 0 Å². The first-order chi connectivity index (χ1) is 20.0. The van der Waals surface area contributed by atoms with Gasteiger partial charge in [-0.1, -0.05) is 111 Å². The van der Waals surface area contributed by atoms with Crippen LogP contribution in [0.4, 0.5) is 17.6 Å². The van der Waals surface area contributed by atoms with Crippen molar-refractivity contribution in [2.75, 3.05) is 0 Å². The molecular weight excluding hydrogens is 534 g/mol. The Bertz CT molecular complexity index is 1320. The molecular formula is C37H41F4N. The van der Waals surface area contributed by atoms with Gasteiger partial charge in [0.25, 0.3) is 11.8 Å². The van der Waals surface area contributed by atoms with Gasteiger partial charge in [-0.3, -0.25) is 0 Å². The molecule has 1 aliphatic carbocycles. The van der Waals surface area contributed by atoms with E-state index < -0.39 is 17.3 Å². The van der Waals surface area contributed by atoms with E-state index in [9.17, 15) is 17.6 Å². The molecule has 5 rings (SSSR count). The van der Waals surface area contributed by atoms with Crippen molar-refractivity contribution in [1.82, 2.24) is 0 Å². The van der Waals surface area contributed by atoms with Crippen molar-refractivity contribution in [3.05, 3.63) is 155 Å². The lowest BCUT2D eigenvalue weighted by molar-refractivity contribution is 0.0168. The second-order valence-corrected chi connectivity index (χ2v) is 10.9. The first-order valence-corrected chi connectivity index (χ1v) is 14.3. The number of alkyl halides is 4. The highest BCUT2D eigenvalue weighted by Crippen LogP contribution is 2.49. The largest absolute Gasteiger partial charge is 0.405 e. The highest BCUT2D eigenvalue weighted by atomic mass is 19.3. The summed E-state index contributed by atoms with van der Waals surface area (Å²) >= 11 is 0. The second kappa shape index (κ2) is 14.4. The van der Waals surface area contributed by atoms with E-state index in [1.807, 2.05) is 67.6 Å². The fraction of sp³-hybridized carbons (Fsp3) is 0.297. The van der Waals surface area contributed by atoms with Gasteiger partial charge in [0.05, 0.1) is 0 Å². The summed E-state index contributed by atoms with van der Waals surface area (Å²) in [7, 11) is 0. The molecule has 0 amide bonds. The SMILES string of the molecule is C=CN.CCC(c1cccc(C(C)(F)F)c1)(c1cccc(C(C)(F)F)c1)C1CCc2ccccc2C1.c1ccccc1. The topological polar surface area (TPSA) is 26.0 Å². The summed E-state index contributed by atoms with van der Waals surface area (Å²) in [5.74, 6) is -5.86. The molecule has 0 fully saturated rings. The number of halogens is 4. The molecule has 0 saturated heterocycles. The third kappa shape index (κ3) is 7.90. The van der Waals surface area contributed by atoms with Crippen molar-refractivity contribution in [3.63, 3.8) is 0 Å². The van der Waals surface area contributed by atoms with Gasteiger partial charge in [-0.15, -0.1) is 0 Å². The Hall–Kier alpha value is -3.86. The molecule has 0 heterocycles. The van der Waals surface area contributed by atoms with E-state index >= 15 is 0 Å². The molecule has 222 valence electrons. The summed E-state index contributed by atoms with van der Waals surface area (Å²) in [4.78, 5) is 0. The lowest BCUT2D eigenvalue weighted by Gasteiger charge is -2.44. The van der Waals surface area contributed by atoms with Crippen molar-refractivity contribution in [3.8, 4) is 0 Å². The van der Waals surface area contributed by atoms with Crippen LogP contribution in [0.1, 0.15) is 67.0 Å². The van der Waals surface area contributed by atoms with Crippen LogP contribution in [0.3, 0.4) is 0 Å². The number of benzene rings is 4. The highest BCUT2D eigenvalue weighted by molar-refractivity contribution is 5.46. The maximum atomic E-state index is 14.3. The highest BCUT2D eigenvalue weighted by Gasteiger charge is 2.43. The average Bonchev–Trinajstić information content (AvgIpc) is 2.99. The minimum Gasteiger partial charge on any atom is -0.405 e. The van der Waals surface area contributed by atoms with Gasteiger partial charge in [-0.2, -0.15) is 0 Å². The van der Waals surface area contributed by atoms with Crippen LogP contribution in [0.15, 0.2) is 122 Å². The number of hydrogen-bond acceptors (Lipinski definition) is 1. The minimum absolute atomic E-state index is 0.0500. The van der Waals surface area contributed by atoms with Crippen LogP contribution in [-0.4, -0.2) is 0 Å². The van der Waals surface area contributed by atoms with Crippen LogP contribution in [0, 0.1) is 5.92 Å². The van der Waals surface area contributed by atoms with E-state index in [0.717, 1.165) is 44.2 Å². The minimum atomic E-state index is -2.98. The fourth-order valence-electron chi connectivity index (χ4n) is 5.98. The lowest BCUT2D eigenvalue weighted by Crippen LogP contribution is -2.39.